The van der Waals surface area contributed by atoms with Gasteiger partial charge in [0, 0.05) is 11.1 Å². The van der Waals surface area contributed by atoms with Gasteiger partial charge in [0.1, 0.15) is 17.5 Å². The Kier molecular flexibility index (Phi) is 5.48. The second kappa shape index (κ2) is 8.51. The van der Waals surface area contributed by atoms with Crippen LogP contribution in [0, 0.1) is 6.92 Å². The maximum absolute atomic E-state index is 13.0. The van der Waals surface area contributed by atoms with Crippen molar-refractivity contribution in [1.82, 2.24) is 15.0 Å². The summed E-state index contributed by atoms with van der Waals surface area (Å²) in [4.78, 5) is 25.9. The van der Waals surface area contributed by atoms with E-state index in [9.17, 15) is 18.0 Å². The predicted molar refractivity (Wildman–Crippen MR) is 131 cm³/mol. The average molecular weight is 495 g/mol. The third-order valence-electron chi connectivity index (χ3n) is 5.24. The monoisotopic (exact) mass is 494 g/mol. The van der Waals surface area contributed by atoms with Gasteiger partial charge >= 0.3 is 6.18 Å². The normalized spacial score (nSPS) is 11.7. The van der Waals surface area contributed by atoms with Crippen molar-refractivity contribution in [2.24, 2.45) is 0 Å². The Labute approximate surface area is 200 Å². The van der Waals surface area contributed by atoms with Gasteiger partial charge in [-0.25, -0.2) is 15.0 Å². The molecule has 0 aliphatic carbocycles. The Morgan fingerprint density at radius 1 is 1.00 bits per heavy atom. The first-order valence-corrected chi connectivity index (χ1v) is 11.2. The van der Waals surface area contributed by atoms with Crippen molar-refractivity contribution in [3.05, 3.63) is 76.9 Å². The Hall–Kier alpha value is -4.25. The molecule has 2 aromatic carbocycles. The van der Waals surface area contributed by atoms with Crippen LogP contribution < -0.4 is 16.4 Å². The van der Waals surface area contributed by atoms with Crippen LogP contribution >= 0.6 is 11.3 Å². The van der Waals surface area contributed by atoms with Crippen molar-refractivity contribution in [1.29, 1.82) is 0 Å². The van der Waals surface area contributed by atoms with E-state index in [4.69, 9.17) is 5.73 Å². The molecule has 0 spiro atoms. The zero-order valence-corrected chi connectivity index (χ0v) is 19.0. The average Bonchev–Trinajstić information content (AvgIpc) is 3.28. The maximum Gasteiger partial charge on any atom is 0.416 e. The number of rotatable bonds is 4. The topological polar surface area (TPSA) is 106 Å². The number of pyridine rings is 1. The summed E-state index contributed by atoms with van der Waals surface area (Å²) < 4.78 is 39.3. The molecule has 35 heavy (non-hydrogen) atoms. The molecule has 7 nitrogen and oxygen atoms in total. The minimum Gasteiger partial charge on any atom is -0.382 e. The van der Waals surface area contributed by atoms with E-state index in [1.54, 1.807) is 12.1 Å². The highest BCUT2D eigenvalue weighted by Gasteiger charge is 2.30. The molecule has 0 atom stereocenters. The van der Waals surface area contributed by atoms with Crippen molar-refractivity contribution in [2.75, 3.05) is 16.4 Å². The van der Waals surface area contributed by atoms with Gasteiger partial charge in [0.2, 0.25) is 5.82 Å². The minimum atomic E-state index is -4.42. The van der Waals surface area contributed by atoms with E-state index in [0.717, 1.165) is 23.1 Å². The second-order valence-corrected chi connectivity index (χ2v) is 8.72. The first kappa shape index (κ1) is 22.5. The van der Waals surface area contributed by atoms with Gasteiger partial charge in [0.25, 0.3) is 5.91 Å². The minimum absolute atomic E-state index is 0.100. The number of anilines is 4. The van der Waals surface area contributed by atoms with Crippen molar-refractivity contribution >= 4 is 61.4 Å². The number of nitrogen functional groups attached to an aromatic ring is 1. The van der Waals surface area contributed by atoms with Crippen LogP contribution in [0.4, 0.5) is 36.3 Å². The van der Waals surface area contributed by atoms with Crippen LogP contribution in [0.15, 0.2) is 60.0 Å². The largest absolute Gasteiger partial charge is 0.416 e. The lowest BCUT2D eigenvalue weighted by Crippen LogP contribution is -2.17. The number of amides is 1. The Morgan fingerprint density at radius 3 is 2.51 bits per heavy atom. The summed E-state index contributed by atoms with van der Waals surface area (Å²) in [5.41, 5.74) is 7.19. The van der Waals surface area contributed by atoms with Crippen LogP contribution in [0.5, 0.6) is 0 Å². The number of nitrogens with one attached hydrogen (secondary N) is 2. The summed E-state index contributed by atoms with van der Waals surface area (Å²) in [7, 11) is 0. The maximum atomic E-state index is 13.0. The van der Waals surface area contributed by atoms with Gasteiger partial charge in [-0.15, -0.1) is 11.3 Å². The van der Waals surface area contributed by atoms with E-state index in [-0.39, 0.29) is 17.5 Å². The SMILES string of the molecule is Cc1ccc2c(NC(=O)c3nc(N)c4sccc4n3)nc(Nc3ccc(C(F)(F)F)cc3)cc2c1. The fraction of sp³-hybridized carbons (Fsp3) is 0.0833. The number of aryl methyl sites for hydroxylation is 1. The summed E-state index contributed by atoms with van der Waals surface area (Å²) >= 11 is 1.38. The number of hydrogen-bond acceptors (Lipinski definition) is 7. The number of aromatic nitrogens is 3. The zero-order valence-electron chi connectivity index (χ0n) is 18.1. The molecule has 0 unspecified atom stereocenters. The van der Waals surface area contributed by atoms with E-state index in [1.807, 2.05) is 30.5 Å². The molecule has 3 heterocycles. The lowest BCUT2D eigenvalue weighted by molar-refractivity contribution is -0.137. The molecule has 0 aliphatic rings. The lowest BCUT2D eigenvalue weighted by Gasteiger charge is -2.13. The van der Waals surface area contributed by atoms with Gasteiger partial charge < -0.3 is 16.4 Å². The molecule has 4 N–H and O–H groups in total. The number of thiophene rings is 1. The second-order valence-electron chi connectivity index (χ2n) is 7.80. The summed E-state index contributed by atoms with van der Waals surface area (Å²) in [5, 5.41) is 9.00. The molecule has 0 radical (unpaired) electrons. The highest BCUT2D eigenvalue weighted by Crippen LogP contribution is 2.32. The highest BCUT2D eigenvalue weighted by molar-refractivity contribution is 7.17. The number of hydrogen-bond donors (Lipinski definition) is 3. The van der Waals surface area contributed by atoms with Crippen LogP contribution in [0.25, 0.3) is 21.0 Å². The van der Waals surface area contributed by atoms with Crippen LogP contribution in [0.3, 0.4) is 0 Å². The lowest BCUT2D eigenvalue weighted by atomic mass is 10.1. The Balaban J connectivity index is 1.50. The van der Waals surface area contributed by atoms with E-state index in [1.165, 1.54) is 23.5 Å². The molecule has 0 bridgehead atoms. The van der Waals surface area contributed by atoms with Gasteiger partial charge in [-0.3, -0.25) is 4.79 Å². The first-order chi connectivity index (χ1) is 16.7. The molecule has 0 aliphatic heterocycles. The van der Waals surface area contributed by atoms with Gasteiger partial charge in [0.05, 0.1) is 15.8 Å². The number of halogens is 3. The third kappa shape index (κ3) is 4.58. The van der Waals surface area contributed by atoms with Gasteiger partial charge in [-0.1, -0.05) is 23.8 Å². The number of nitrogens with zero attached hydrogens (tertiary/aromatic N) is 3. The molecular formula is C24H17F3N6OS. The standard InChI is InChI=1S/C24H17F3N6OS/c1-12-2-7-16-13(10-12)11-18(29-15-5-3-14(4-6-15)24(25,26)27)31-21(16)33-23(34)22-30-17-8-9-35-19(17)20(28)32-22/h2-11H,1H3,(H2,28,30,32)(H2,29,31,33,34). The summed E-state index contributed by atoms with van der Waals surface area (Å²) in [5.74, 6) is 0.102. The van der Waals surface area contributed by atoms with Crippen LogP contribution in [-0.2, 0) is 6.18 Å². The number of fused-ring (bicyclic) bond motifs is 2. The molecule has 0 saturated heterocycles. The van der Waals surface area contributed by atoms with Crippen molar-refractivity contribution in [3.63, 3.8) is 0 Å². The summed E-state index contributed by atoms with van der Waals surface area (Å²) in [6.45, 7) is 1.92. The van der Waals surface area contributed by atoms with Gasteiger partial charge in [-0.05, 0) is 54.1 Å². The zero-order chi connectivity index (χ0) is 24.7. The number of carbonyl (C=O) groups excluding carboxylic acids is 1. The number of nitrogens with two attached hydrogens (primary N) is 1. The van der Waals surface area contributed by atoms with Crippen molar-refractivity contribution in [2.45, 2.75) is 13.1 Å². The number of alkyl halides is 3. The van der Waals surface area contributed by atoms with Crippen molar-refractivity contribution in [3.8, 4) is 0 Å². The van der Waals surface area contributed by atoms with E-state index in [0.29, 0.717) is 27.1 Å². The smallest absolute Gasteiger partial charge is 0.382 e. The summed E-state index contributed by atoms with van der Waals surface area (Å²) in [6, 6.07) is 13.7. The predicted octanol–water partition coefficient (Wildman–Crippen LogP) is 6.14. The molecule has 176 valence electrons. The van der Waals surface area contributed by atoms with E-state index >= 15 is 0 Å². The highest BCUT2D eigenvalue weighted by atomic mass is 32.1. The molecule has 1 amide bonds. The van der Waals surface area contributed by atoms with E-state index < -0.39 is 17.6 Å². The van der Waals surface area contributed by atoms with Crippen LogP contribution in [0.1, 0.15) is 21.7 Å². The van der Waals surface area contributed by atoms with Crippen LogP contribution in [-0.4, -0.2) is 20.9 Å². The number of carbonyl (C=O) groups is 1. The Bertz CT molecular complexity index is 1580. The van der Waals surface area contributed by atoms with Gasteiger partial charge in [0.15, 0.2) is 0 Å². The fourth-order valence-electron chi connectivity index (χ4n) is 3.58. The molecule has 5 aromatic rings. The Morgan fingerprint density at radius 2 is 1.77 bits per heavy atom. The van der Waals surface area contributed by atoms with Crippen LogP contribution in [0.2, 0.25) is 0 Å². The first-order valence-electron chi connectivity index (χ1n) is 10.3. The van der Waals surface area contributed by atoms with E-state index in [2.05, 4.69) is 25.6 Å². The van der Waals surface area contributed by atoms with Gasteiger partial charge in [-0.2, -0.15) is 13.2 Å². The van der Waals surface area contributed by atoms with Crippen molar-refractivity contribution < 1.29 is 18.0 Å². The molecule has 11 heteroatoms. The molecule has 0 fully saturated rings. The molecule has 5 rings (SSSR count). The quantitative estimate of drug-likeness (QED) is 0.277. The fourth-order valence-corrected chi connectivity index (χ4v) is 4.31. The third-order valence-corrected chi connectivity index (χ3v) is 6.16. The molecular weight excluding hydrogens is 477 g/mol. The molecule has 3 aromatic heterocycles. The number of benzene rings is 2. The summed E-state index contributed by atoms with van der Waals surface area (Å²) in [6.07, 6.45) is -4.42. The molecule has 0 saturated carbocycles.